The molecule has 3 nitrogen and oxygen atoms in total. The summed E-state index contributed by atoms with van der Waals surface area (Å²) in [5.74, 6) is -0.886. The van der Waals surface area contributed by atoms with Crippen molar-refractivity contribution in [3.63, 3.8) is 0 Å². The SMILES string of the molecule is Nc1ccccc1NC(=O)c1cc(F)cc(Br)c1. The summed E-state index contributed by atoms with van der Waals surface area (Å²) in [6.07, 6.45) is 0. The summed E-state index contributed by atoms with van der Waals surface area (Å²) in [5, 5.41) is 2.63. The predicted octanol–water partition coefficient (Wildman–Crippen LogP) is 3.42. The Labute approximate surface area is 112 Å². The van der Waals surface area contributed by atoms with Crippen LogP contribution in [0.5, 0.6) is 0 Å². The molecular weight excluding hydrogens is 299 g/mol. The highest BCUT2D eigenvalue weighted by molar-refractivity contribution is 9.10. The number of anilines is 2. The zero-order valence-corrected chi connectivity index (χ0v) is 10.9. The Balaban J connectivity index is 2.25. The Hall–Kier alpha value is -1.88. The lowest BCUT2D eigenvalue weighted by Crippen LogP contribution is -2.13. The van der Waals surface area contributed by atoms with Crippen LogP contribution >= 0.6 is 15.9 Å². The molecule has 5 heteroatoms. The maximum absolute atomic E-state index is 13.2. The molecule has 0 saturated heterocycles. The number of para-hydroxylation sites is 2. The van der Waals surface area contributed by atoms with Gasteiger partial charge >= 0.3 is 0 Å². The van der Waals surface area contributed by atoms with Gasteiger partial charge in [0.25, 0.3) is 5.91 Å². The largest absolute Gasteiger partial charge is 0.397 e. The third kappa shape index (κ3) is 2.87. The lowest BCUT2D eigenvalue weighted by Gasteiger charge is -2.08. The van der Waals surface area contributed by atoms with Crippen molar-refractivity contribution in [2.45, 2.75) is 0 Å². The third-order valence-corrected chi connectivity index (χ3v) is 2.79. The molecule has 0 radical (unpaired) electrons. The van der Waals surface area contributed by atoms with E-state index in [1.807, 2.05) is 0 Å². The van der Waals surface area contributed by atoms with Gasteiger partial charge in [0.2, 0.25) is 0 Å². The molecule has 1 amide bonds. The first-order valence-electron chi connectivity index (χ1n) is 5.18. The molecule has 92 valence electrons. The fourth-order valence-electron chi connectivity index (χ4n) is 1.49. The van der Waals surface area contributed by atoms with Crippen molar-refractivity contribution in [3.8, 4) is 0 Å². The van der Waals surface area contributed by atoms with Crippen LogP contribution in [0.1, 0.15) is 10.4 Å². The van der Waals surface area contributed by atoms with E-state index in [9.17, 15) is 9.18 Å². The summed E-state index contributed by atoms with van der Waals surface area (Å²) in [7, 11) is 0. The Kier molecular flexibility index (Phi) is 3.62. The van der Waals surface area contributed by atoms with Gasteiger partial charge in [-0.3, -0.25) is 4.79 Å². The first kappa shape index (κ1) is 12.6. The van der Waals surface area contributed by atoms with Crippen LogP contribution in [0, 0.1) is 5.82 Å². The highest BCUT2D eigenvalue weighted by Gasteiger charge is 2.09. The van der Waals surface area contributed by atoms with E-state index in [1.165, 1.54) is 18.2 Å². The number of nitrogen functional groups attached to an aromatic ring is 1. The van der Waals surface area contributed by atoms with Crippen LogP contribution in [0.3, 0.4) is 0 Å². The lowest BCUT2D eigenvalue weighted by atomic mass is 10.2. The maximum atomic E-state index is 13.2. The van der Waals surface area contributed by atoms with Gasteiger partial charge in [0.1, 0.15) is 5.82 Å². The van der Waals surface area contributed by atoms with E-state index >= 15 is 0 Å². The highest BCUT2D eigenvalue weighted by Crippen LogP contribution is 2.20. The zero-order chi connectivity index (χ0) is 13.1. The minimum atomic E-state index is -0.476. The fraction of sp³-hybridized carbons (Fsp3) is 0. The summed E-state index contributed by atoms with van der Waals surface area (Å²) in [5.41, 5.74) is 6.90. The molecule has 0 unspecified atom stereocenters. The Morgan fingerprint density at radius 3 is 2.61 bits per heavy atom. The number of halogens is 2. The van der Waals surface area contributed by atoms with Crippen molar-refractivity contribution >= 4 is 33.2 Å². The molecule has 0 aliphatic rings. The van der Waals surface area contributed by atoms with Gasteiger partial charge in [0.15, 0.2) is 0 Å². The molecule has 0 aliphatic carbocycles. The average molecular weight is 309 g/mol. The first-order valence-corrected chi connectivity index (χ1v) is 5.97. The third-order valence-electron chi connectivity index (χ3n) is 2.33. The maximum Gasteiger partial charge on any atom is 0.255 e. The molecule has 3 N–H and O–H groups in total. The molecule has 0 aromatic heterocycles. The minimum Gasteiger partial charge on any atom is -0.397 e. The first-order chi connectivity index (χ1) is 8.56. The van der Waals surface area contributed by atoms with Crippen LogP contribution in [0.2, 0.25) is 0 Å². The van der Waals surface area contributed by atoms with Gasteiger partial charge in [-0.2, -0.15) is 0 Å². The van der Waals surface area contributed by atoms with E-state index in [1.54, 1.807) is 24.3 Å². The number of benzene rings is 2. The Morgan fingerprint density at radius 2 is 1.94 bits per heavy atom. The molecule has 0 saturated carbocycles. The van der Waals surface area contributed by atoms with Gasteiger partial charge in [-0.1, -0.05) is 28.1 Å². The van der Waals surface area contributed by atoms with Crippen LogP contribution in [-0.2, 0) is 0 Å². The molecule has 2 aromatic carbocycles. The Bertz CT molecular complexity index is 581. The number of hydrogen-bond donors (Lipinski definition) is 2. The number of nitrogens with two attached hydrogens (primary N) is 1. The second-order valence-corrected chi connectivity index (χ2v) is 4.62. The summed E-state index contributed by atoms with van der Waals surface area (Å²) in [4.78, 5) is 11.9. The van der Waals surface area contributed by atoms with Gasteiger partial charge in [-0.15, -0.1) is 0 Å². The molecular formula is C13H10BrFN2O. The van der Waals surface area contributed by atoms with E-state index in [0.29, 0.717) is 15.8 Å². The highest BCUT2D eigenvalue weighted by atomic mass is 79.9. The van der Waals surface area contributed by atoms with Gasteiger partial charge in [0.05, 0.1) is 11.4 Å². The van der Waals surface area contributed by atoms with Crippen molar-refractivity contribution < 1.29 is 9.18 Å². The van der Waals surface area contributed by atoms with Gasteiger partial charge in [-0.25, -0.2) is 4.39 Å². The standard InChI is InChI=1S/C13H10BrFN2O/c14-9-5-8(6-10(15)7-9)13(18)17-12-4-2-1-3-11(12)16/h1-7H,16H2,(H,17,18). The number of hydrogen-bond acceptors (Lipinski definition) is 2. The van der Waals surface area contributed by atoms with E-state index in [4.69, 9.17) is 5.73 Å². The molecule has 0 spiro atoms. The number of amides is 1. The van der Waals surface area contributed by atoms with Crippen LogP contribution < -0.4 is 11.1 Å². The molecule has 0 atom stereocenters. The number of carbonyl (C=O) groups excluding carboxylic acids is 1. The molecule has 0 heterocycles. The van der Waals surface area contributed by atoms with Crippen molar-refractivity contribution in [2.24, 2.45) is 0 Å². The summed E-state index contributed by atoms with van der Waals surface area (Å²) < 4.78 is 13.7. The predicted molar refractivity (Wildman–Crippen MR) is 72.9 cm³/mol. The average Bonchev–Trinajstić information content (AvgIpc) is 2.31. The quantitative estimate of drug-likeness (QED) is 0.835. The molecule has 2 aromatic rings. The number of carbonyl (C=O) groups is 1. The second kappa shape index (κ2) is 5.18. The fourth-order valence-corrected chi connectivity index (χ4v) is 1.96. The van der Waals surface area contributed by atoms with Gasteiger partial charge in [-0.05, 0) is 30.3 Å². The van der Waals surface area contributed by atoms with Crippen molar-refractivity contribution in [1.82, 2.24) is 0 Å². The zero-order valence-electron chi connectivity index (χ0n) is 9.28. The van der Waals surface area contributed by atoms with Crippen molar-refractivity contribution in [1.29, 1.82) is 0 Å². The monoisotopic (exact) mass is 308 g/mol. The topological polar surface area (TPSA) is 55.1 Å². The molecule has 0 bridgehead atoms. The second-order valence-electron chi connectivity index (χ2n) is 3.70. The van der Waals surface area contributed by atoms with Crippen LogP contribution in [0.15, 0.2) is 46.9 Å². The van der Waals surface area contributed by atoms with Gasteiger partial charge in [0, 0.05) is 10.0 Å². The Morgan fingerprint density at radius 1 is 1.22 bits per heavy atom. The summed E-state index contributed by atoms with van der Waals surface area (Å²) in [6.45, 7) is 0. The molecule has 0 fully saturated rings. The minimum absolute atomic E-state index is 0.227. The summed E-state index contributed by atoms with van der Waals surface area (Å²) >= 11 is 3.14. The van der Waals surface area contributed by atoms with E-state index < -0.39 is 11.7 Å². The van der Waals surface area contributed by atoms with Crippen molar-refractivity contribution in [3.05, 3.63) is 58.3 Å². The van der Waals surface area contributed by atoms with E-state index in [-0.39, 0.29) is 5.56 Å². The molecule has 0 aliphatic heterocycles. The number of rotatable bonds is 2. The van der Waals surface area contributed by atoms with E-state index in [0.717, 1.165) is 0 Å². The van der Waals surface area contributed by atoms with Crippen molar-refractivity contribution in [2.75, 3.05) is 11.1 Å². The summed E-state index contributed by atoms with van der Waals surface area (Å²) in [6, 6.07) is 10.9. The van der Waals surface area contributed by atoms with E-state index in [2.05, 4.69) is 21.2 Å². The van der Waals surface area contributed by atoms with Crippen LogP contribution in [0.25, 0.3) is 0 Å². The normalized spacial score (nSPS) is 10.1. The molecule has 18 heavy (non-hydrogen) atoms. The smallest absolute Gasteiger partial charge is 0.255 e. The molecule has 2 rings (SSSR count). The lowest BCUT2D eigenvalue weighted by molar-refractivity contribution is 0.102. The van der Waals surface area contributed by atoms with Gasteiger partial charge < -0.3 is 11.1 Å². The van der Waals surface area contributed by atoms with Crippen LogP contribution in [-0.4, -0.2) is 5.91 Å². The van der Waals surface area contributed by atoms with Crippen LogP contribution in [0.4, 0.5) is 15.8 Å². The number of nitrogens with one attached hydrogen (secondary N) is 1.